The van der Waals surface area contributed by atoms with Crippen LogP contribution in [-0.2, 0) is 16.4 Å². The lowest BCUT2D eigenvalue weighted by Crippen LogP contribution is -2.29. The number of rotatable bonds is 3. The molecule has 0 spiro atoms. The summed E-state index contributed by atoms with van der Waals surface area (Å²) in [5, 5.41) is 6.14. The SMILES string of the molecule is O=S1(=O)CCC(NCc2nccs2)C1. The first-order chi connectivity index (χ1) is 6.66. The summed E-state index contributed by atoms with van der Waals surface area (Å²) in [6.07, 6.45) is 2.49. The number of hydrogen-bond acceptors (Lipinski definition) is 5. The van der Waals surface area contributed by atoms with E-state index in [2.05, 4.69) is 10.3 Å². The van der Waals surface area contributed by atoms with Crippen molar-refractivity contribution in [1.82, 2.24) is 10.3 Å². The van der Waals surface area contributed by atoms with Crippen molar-refractivity contribution in [2.75, 3.05) is 11.5 Å². The van der Waals surface area contributed by atoms with Gasteiger partial charge >= 0.3 is 0 Å². The molecular weight excluding hydrogens is 220 g/mol. The standard InChI is InChI=1S/C8H12N2O2S2/c11-14(12)4-1-7(6-14)10-5-8-9-2-3-13-8/h2-3,7,10H,1,4-6H2. The van der Waals surface area contributed by atoms with Crippen LogP contribution >= 0.6 is 11.3 Å². The molecule has 14 heavy (non-hydrogen) atoms. The van der Waals surface area contributed by atoms with Gasteiger partial charge in [-0.1, -0.05) is 0 Å². The van der Waals surface area contributed by atoms with Crippen molar-refractivity contribution in [2.45, 2.75) is 19.0 Å². The van der Waals surface area contributed by atoms with Crippen LogP contribution in [0, 0.1) is 0 Å². The monoisotopic (exact) mass is 232 g/mol. The van der Waals surface area contributed by atoms with Gasteiger partial charge in [-0.25, -0.2) is 13.4 Å². The average Bonchev–Trinajstić information content (AvgIpc) is 2.70. The number of aromatic nitrogens is 1. The highest BCUT2D eigenvalue weighted by atomic mass is 32.2. The van der Waals surface area contributed by atoms with E-state index in [0.717, 1.165) is 11.4 Å². The van der Waals surface area contributed by atoms with Gasteiger partial charge in [-0.3, -0.25) is 0 Å². The quantitative estimate of drug-likeness (QED) is 0.820. The molecule has 2 heterocycles. The molecule has 0 amide bonds. The fraction of sp³-hybridized carbons (Fsp3) is 0.625. The van der Waals surface area contributed by atoms with E-state index in [0.29, 0.717) is 12.3 Å². The molecule has 0 radical (unpaired) electrons. The van der Waals surface area contributed by atoms with Gasteiger partial charge in [-0.2, -0.15) is 0 Å². The first-order valence-corrected chi connectivity index (χ1v) is 7.18. The summed E-state index contributed by atoms with van der Waals surface area (Å²) in [5.74, 6) is 0.598. The maximum Gasteiger partial charge on any atom is 0.151 e. The molecule has 2 rings (SSSR count). The molecule has 1 aliphatic rings. The summed E-state index contributed by atoms with van der Waals surface area (Å²) < 4.78 is 22.3. The maximum absolute atomic E-state index is 11.1. The van der Waals surface area contributed by atoms with Gasteiger partial charge in [0.1, 0.15) is 5.01 Å². The van der Waals surface area contributed by atoms with Crippen molar-refractivity contribution in [3.63, 3.8) is 0 Å². The molecule has 1 fully saturated rings. The van der Waals surface area contributed by atoms with E-state index >= 15 is 0 Å². The third-order valence-corrected chi connectivity index (χ3v) is 4.81. The third-order valence-electron chi connectivity index (χ3n) is 2.26. The first kappa shape index (κ1) is 10.1. The van der Waals surface area contributed by atoms with Gasteiger partial charge in [0.05, 0.1) is 11.5 Å². The lowest BCUT2D eigenvalue weighted by atomic mass is 10.3. The molecule has 6 heteroatoms. The second kappa shape index (κ2) is 3.96. The van der Waals surface area contributed by atoms with Crippen LogP contribution in [0.3, 0.4) is 0 Å². The zero-order valence-electron chi connectivity index (χ0n) is 7.64. The van der Waals surface area contributed by atoms with E-state index < -0.39 is 9.84 Å². The van der Waals surface area contributed by atoms with E-state index in [4.69, 9.17) is 0 Å². The minimum atomic E-state index is -2.77. The zero-order valence-corrected chi connectivity index (χ0v) is 9.27. The Morgan fingerprint density at radius 2 is 2.50 bits per heavy atom. The topological polar surface area (TPSA) is 59.1 Å². The smallest absolute Gasteiger partial charge is 0.151 e. The van der Waals surface area contributed by atoms with E-state index in [1.807, 2.05) is 5.38 Å². The van der Waals surface area contributed by atoms with Gasteiger partial charge in [0.15, 0.2) is 9.84 Å². The minimum Gasteiger partial charge on any atom is -0.307 e. The Morgan fingerprint density at radius 3 is 3.07 bits per heavy atom. The summed E-state index contributed by atoms with van der Waals surface area (Å²) >= 11 is 1.58. The molecule has 1 saturated heterocycles. The fourth-order valence-corrected chi connectivity index (χ4v) is 3.80. The van der Waals surface area contributed by atoms with Crippen LogP contribution < -0.4 is 5.32 Å². The average molecular weight is 232 g/mol. The van der Waals surface area contributed by atoms with Crippen molar-refractivity contribution < 1.29 is 8.42 Å². The molecule has 0 aliphatic carbocycles. The molecule has 0 aromatic carbocycles. The normalized spacial score (nSPS) is 25.3. The zero-order chi connectivity index (χ0) is 10.0. The van der Waals surface area contributed by atoms with E-state index in [-0.39, 0.29) is 11.8 Å². The highest BCUT2D eigenvalue weighted by Crippen LogP contribution is 2.12. The largest absolute Gasteiger partial charge is 0.307 e. The van der Waals surface area contributed by atoms with Crippen LogP contribution in [0.25, 0.3) is 0 Å². The van der Waals surface area contributed by atoms with Crippen molar-refractivity contribution in [2.24, 2.45) is 0 Å². The summed E-state index contributed by atoms with van der Waals surface area (Å²) in [5.41, 5.74) is 0. The van der Waals surface area contributed by atoms with Crippen molar-refractivity contribution in [3.05, 3.63) is 16.6 Å². The lowest BCUT2D eigenvalue weighted by Gasteiger charge is -2.07. The highest BCUT2D eigenvalue weighted by molar-refractivity contribution is 7.91. The summed E-state index contributed by atoms with van der Waals surface area (Å²) in [4.78, 5) is 4.12. The second-order valence-electron chi connectivity index (χ2n) is 3.41. The van der Waals surface area contributed by atoms with E-state index in [9.17, 15) is 8.42 Å². The number of nitrogens with one attached hydrogen (secondary N) is 1. The van der Waals surface area contributed by atoms with Gasteiger partial charge in [0, 0.05) is 24.2 Å². The van der Waals surface area contributed by atoms with Crippen LogP contribution in [0.2, 0.25) is 0 Å². The predicted octanol–water partition coefficient (Wildman–Crippen LogP) is 0.420. The number of nitrogens with zero attached hydrogens (tertiary/aromatic N) is 1. The van der Waals surface area contributed by atoms with Gasteiger partial charge in [-0.15, -0.1) is 11.3 Å². The van der Waals surface area contributed by atoms with Crippen molar-refractivity contribution >= 4 is 21.2 Å². The highest BCUT2D eigenvalue weighted by Gasteiger charge is 2.27. The molecule has 1 atom stereocenters. The first-order valence-electron chi connectivity index (χ1n) is 4.48. The lowest BCUT2D eigenvalue weighted by molar-refractivity contribution is 0.553. The molecule has 1 N–H and O–H groups in total. The maximum atomic E-state index is 11.1. The Labute approximate surface area is 87.3 Å². The van der Waals surface area contributed by atoms with Crippen LogP contribution in [0.15, 0.2) is 11.6 Å². The van der Waals surface area contributed by atoms with Crippen LogP contribution in [0.1, 0.15) is 11.4 Å². The van der Waals surface area contributed by atoms with Crippen LogP contribution in [-0.4, -0.2) is 30.9 Å². The molecule has 0 bridgehead atoms. The molecule has 1 aromatic rings. The fourth-order valence-electron chi connectivity index (χ4n) is 1.53. The number of hydrogen-bond donors (Lipinski definition) is 1. The minimum absolute atomic E-state index is 0.115. The van der Waals surface area contributed by atoms with Crippen molar-refractivity contribution in [3.8, 4) is 0 Å². The Bertz CT molecular complexity index is 385. The molecule has 1 unspecified atom stereocenters. The second-order valence-corrected chi connectivity index (χ2v) is 6.61. The third kappa shape index (κ3) is 2.52. The Hall–Kier alpha value is -0.460. The molecule has 78 valence electrons. The molecule has 1 aromatic heterocycles. The van der Waals surface area contributed by atoms with Crippen LogP contribution in [0.5, 0.6) is 0 Å². The summed E-state index contributed by atoms with van der Waals surface area (Å²) in [6.45, 7) is 0.678. The Kier molecular flexibility index (Phi) is 2.85. The van der Waals surface area contributed by atoms with Crippen molar-refractivity contribution in [1.29, 1.82) is 0 Å². The summed E-state index contributed by atoms with van der Waals surface area (Å²) in [7, 11) is -2.77. The van der Waals surface area contributed by atoms with Gasteiger partial charge in [0.2, 0.25) is 0 Å². The van der Waals surface area contributed by atoms with Gasteiger partial charge < -0.3 is 5.32 Å². The van der Waals surface area contributed by atoms with E-state index in [1.165, 1.54) is 0 Å². The van der Waals surface area contributed by atoms with E-state index in [1.54, 1.807) is 17.5 Å². The molecular formula is C8H12N2O2S2. The Balaban J connectivity index is 1.83. The van der Waals surface area contributed by atoms with Gasteiger partial charge in [0.25, 0.3) is 0 Å². The predicted molar refractivity (Wildman–Crippen MR) is 56.0 cm³/mol. The van der Waals surface area contributed by atoms with Gasteiger partial charge in [-0.05, 0) is 6.42 Å². The van der Waals surface area contributed by atoms with Crippen LogP contribution in [0.4, 0.5) is 0 Å². The molecule has 1 aliphatic heterocycles. The molecule has 0 saturated carbocycles. The summed E-state index contributed by atoms with van der Waals surface area (Å²) in [6, 6.07) is 0.115. The number of thiazole rings is 1. The number of sulfone groups is 1. The Morgan fingerprint density at radius 1 is 1.64 bits per heavy atom. The molecule has 4 nitrogen and oxygen atoms in total.